The van der Waals surface area contributed by atoms with Gasteiger partial charge in [-0.25, -0.2) is 0 Å². The molecule has 0 spiro atoms. The Labute approximate surface area is 129 Å². The number of benzene rings is 1. The predicted molar refractivity (Wildman–Crippen MR) is 86.3 cm³/mol. The van der Waals surface area contributed by atoms with E-state index in [1.165, 1.54) is 6.92 Å². The second-order valence-electron chi connectivity index (χ2n) is 4.27. The van der Waals surface area contributed by atoms with Gasteiger partial charge >= 0.3 is 0 Å². The quantitative estimate of drug-likeness (QED) is 0.205. The van der Waals surface area contributed by atoms with Crippen LogP contribution in [-0.4, -0.2) is 33.1 Å². The number of hydrogen-bond acceptors (Lipinski definition) is 6. The fourth-order valence-corrected chi connectivity index (χ4v) is 0.782. The lowest BCUT2D eigenvalue weighted by atomic mass is 10.2. The molecule has 9 N–H and O–H groups in total. The van der Waals surface area contributed by atoms with E-state index in [4.69, 9.17) is 32.8 Å². The summed E-state index contributed by atoms with van der Waals surface area (Å²) in [5.74, 6) is 0.746. The third-order valence-electron chi connectivity index (χ3n) is 2.04. The maximum absolute atomic E-state index is 8.25. The van der Waals surface area contributed by atoms with Crippen LogP contribution in [0.3, 0.4) is 0 Å². The lowest BCUT2D eigenvalue weighted by molar-refractivity contribution is 0.315. The molecule has 0 heterocycles. The predicted octanol–water partition coefficient (Wildman–Crippen LogP) is 0.923. The van der Waals surface area contributed by atoms with Gasteiger partial charge in [0.05, 0.1) is 0 Å². The Kier molecular flexibility index (Phi) is 12.6. The third kappa shape index (κ3) is 12.1. The highest BCUT2D eigenvalue weighted by Crippen LogP contribution is 1.96. The first-order valence-electron chi connectivity index (χ1n) is 6.24. The molecule has 9 heteroatoms. The molecule has 0 saturated carbocycles. The summed E-state index contributed by atoms with van der Waals surface area (Å²) in [6, 6.07) is 9.07. The van der Waals surface area contributed by atoms with Gasteiger partial charge in [-0.2, -0.15) is 0 Å². The molecule has 0 aliphatic carbocycles. The fraction of sp³-hybridized carbons (Fsp3) is 0.308. The highest BCUT2D eigenvalue weighted by atomic mass is 16.4. The van der Waals surface area contributed by atoms with Gasteiger partial charge in [0.15, 0.2) is 5.84 Å². The highest BCUT2D eigenvalue weighted by molar-refractivity contribution is 5.96. The first-order valence-corrected chi connectivity index (χ1v) is 6.24. The Morgan fingerprint density at radius 3 is 1.59 bits per heavy atom. The van der Waals surface area contributed by atoms with Crippen molar-refractivity contribution in [3.8, 4) is 0 Å². The monoisotopic (exact) mass is 312 g/mol. The largest absolute Gasteiger partial charge is 0.409 e. The van der Waals surface area contributed by atoms with Gasteiger partial charge < -0.3 is 32.8 Å². The van der Waals surface area contributed by atoms with Crippen molar-refractivity contribution >= 4 is 17.5 Å². The molecule has 0 radical (unpaired) electrons. The average molecular weight is 312 g/mol. The van der Waals surface area contributed by atoms with Crippen molar-refractivity contribution in [2.75, 3.05) is 0 Å². The van der Waals surface area contributed by atoms with E-state index < -0.39 is 0 Å². The molecular weight excluding hydrogens is 288 g/mol. The molecule has 1 aromatic carbocycles. The van der Waals surface area contributed by atoms with Crippen molar-refractivity contribution in [3.05, 3.63) is 35.9 Å². The van der Waals surface area contributed by atoms with Gasteiger partial charge in [-0.3, -0.25) is 0 Å². The number of nitrogens with zero attached hydrogens (tertiary/aromatic N) is 3. The molecule has 124 valence electrons. The molecular formula is C13H24N6O3. The summed E-state index contributed by atoms with van der Waals surface area (Å²) < 4.78 is 0. The van der Waals surface area contributed by atoms with Gasteiger partial charge in [0.25, 0.3) is 0 Å². The molecule has 0 saturated heterocycles. The van der Waals surface area contributed by atoms with Crippen LogP contribution in [0.2, 0.25) is 0 Å². The van der Waals surface area contributed by atoms with Crippen LogP contribution in [0.4, 0.5) is 0 Å². The van der Waals surface area contributed by atoms with E-state index >= 15 is 0 Å². The zero-order chi connectivity index (χ0) is 17.5. The molecule has 1 aromatic rings. The van der Waals surface area contributed by atoms with Crippen LogP contribution >= 0.6 is 0 Å². The lowest BCUT2D eigenvalue weighted by Crippen LogP contribution is -2.18. The van der Waals surface area contributed by atoms with Gasteiger partial charge in [0, 0.05) is 11.5 Å². The normalized spacial score (nSPS) is 11.9. The summed E-state index contributed by atoms with van der Waals surface area (Å²) >= 11 is 0. The van der Waals surface area contributed by atoms with E-state index in [1.807, 2.05) is 32.0 Å². The van der Waals surface area contributed by atoms with E-state index in [0.717, 1.165) is 5.56 Å². The molecule has 9 nitrogen and oxygen atoms in total. The van der Waals surface area contributed by atoms with Crippen LogP contribution in [0.1, 0.15) is 26.3 Å². The van der Waals surface area contributed by atoms with Crippen molar-refractivity contribution in [3.63, 3.8) is 0 Å². The van der Waals surface area contributed by atoms with Gasteiger partial charge in [-0.1, -0.05) is 59.6 Å². The Morgan fingerprint density at radius 1 is 0.909 bits per heavy atom. The average Bonchev–Trinajstić information content (AvgIpc) is 2.55. The summed E-state index contributed by atoms with van der Waals surface area (Å²) in [6.45, 7) is 5.21. The molecule has 0 bridgehead atoms. The van der Waals surface area contributed by atoms with Gasteiger partial charge in [-0.05, 0) is 6.92 Å². The van der Waals surface area contributed by atoms with Crippen LogP contribution < -0.4 is 17.2 Å². The summed E-state index contributed by atoms with van der Waals surface area (Å²) in [6.07, 6.45) is 0. The molecule has 0 atom stereocenters. The zero-order valence-corrected chi connectivity index (χ0v) is 12.9. The van der Waals surface area contributed by atoms with E-state index in [2.05, 4.69) is 15.5 Å². The molecule has 0 aromatic heterocycles. The van der Waals surface area contributed by atoms with E-state index in [9.17, 15) is 0 Å². The Hall–Kier alpha value is -2.97. The van der Waals surface area contributed by atoms with Crippen molar-refractivity contribution in [1.29, 1.82) is 0 Å². The van der Waals surface area contributed by atoms with Crippen LogP contribution in [0, 0.1) is 5.92 Å². The molecule has 0 aliphatic heterocycles. The first-order chi connectivity index (χ1) is 10.3. The summed E-state index contributed by atoms with van der Waals surface area (Å²) in [5, 5.41) is 32.0. The highest BCUT2D eigenvalue weighted by Gasteiger charge is 1.95. The number of amidine groups is 3. The number of hydrogen-bond donors (Lipinski definition) is 6. The number of rotatable bonds is 2. The third-order valence-corrected chi connectivity index (χ3v) is 2.04. The number of oxime groups is 3. The topological polar surface area (TPSA) is 176 Å². The van der Waals surface area contributed by atoms with Crippen LogP contribution in [0.25, 0.3) is 0 Å². The first kappa shape index (κ1) is 21.3. The molecule has 0 unspecified atom stereocenters. The van der Waals surface area contributed by atoms with Crippen LogP contribution in [0.5, 0.6) is 0 Å². The van der Waals surface area contributed by atoms with Crippen molar-refractivity contribution in [2.45, 2.75) is 20.8 Å². The van der Waals surface area contributed by atoms with Gasteiger partial charge in [0.1, 0.15) is 11.7 Å². The Morgan fingerprint density at radius 2 is 1.36 bits per heavy atom. The molecule has 0 aliphatic rings. The smallest absolute Gasteiger partial charge is 0.170 e. The molecule has 1 rings (SSSR count). The summed E-state index contributed by atoms with van der Waals surface area (Å²) in [4.78, 5) is 0. The summed E-state index contributed by atoms with van der Waals surface area (Å²) in [7, 11) is 0. The molecule has 0 fully saturated rings. The Balaban J connectivity index is 0. The van der Waals surface area contributed by atoms with Crippen molar-refractivity contribution < 1.29 is 15.6 Å². The van der Waals surface area contributed by atoms with E-state index in [1.54, 1.807) is 12.1 Å². The van der Waals surface area contributed by atoms with E-state index in [0.29, 0.717) is 0 Å². The second-order valence-corrected chi connectivity index (χ2v) is 4.27. The maximum atomic E-state index is 8.25. The summed E-state index contributed by atoms with van der Waals surface area (Å²) in [5.41, 5.74) is 15.9. The van der Waals surface area contributed by atoms with Crippen LogP contribution in [-0.2, 0) is 0 Å². The lowest BCUT2D eigenvalue weighted by Gasteiger charge is -1.96. The van der Waals surface area contributed by atoms with Gasteiger partial charge in [0.2, 0.25) is 0 Å². The zero-order valence-electron chi connectivity index (χ0n) is 12.9. The Bertz CT molecular complexity index is 482. The molecule has 0 amide bonds. The fourth-order valence-electron chi connectivity index (χ4n) is 0.782. The minimum absolute atomic E-state index is 0.139. The standard InChI is InChI=1S/C7H8N2O.C4H10N2O.C2H6N2O/c8-7(9-10)6-4-2-1-3-5-6;1-3(2)4(5)6-7;1-2(3)4-5/h1-5,10H,(H2,8,9);3,7H,1-2H3,(H2,5,6);5H,1H3,(H2,3,4). The van der Waals surface area contributed by atoms with Gasteiger partial charge in [-0.15, -0.1) is 0 Å². The SMILES string of the molecule is CC(C)C(N)=NO.CC(N)=NO.NC(=NO)c1ccccc1. The van der Waals surface area contributed by atoms with Crippen molar-refractivity contribution in [1.82, 2.24) is 0 Å². The maximum Gasteiger partial charge on any atom is 0.170 e. The van der Waals surface area contributed by atoms with E-state index in [-0.39, 0.29) is 23.4 Å². The molecule has 22 heavy (non-hydrogen) atoms. The minimum atomic E-state index is 0.139. The minimum Gasteiger partial charge on any atom is -0.409 e. The second kappa shape index (κ2) is 13.0. The van der Waals surface area contributed by atoms with Crippen LogP contribution in [0.15, 0.2) is 45.8 Å². The number of nitrogens with two attached hydrogens (primary N) is 3. The van der Waals surface area contributed by atoms with Crippen molar-refractivity contribution in [2.24, 2.45) is 38.6 Å².